The van der Waals surface area contributed by atoms with E-state index in [1.807, 2.05) is 17.0 Å². The Hall–Kier alpha value is -3.46. The Morgan fingerprint density at radius 2 is 2.00 bits per heavy atom. The summed E-state index contributed by atoms with van der Waals surface area (Å²) in [6.07, 6.45) is 1.37. The highest BCUT2D eigenvalue weighted by Crippen LogP contribution is 2.23. The van der Waals surface area contributed by atoms with Gasteiger partial charge in [0.25, 0.3) is 5.91 Å². The first kappa shape index (κ1) is 19.8. The molecule has 1 aromatic heterocycles. The molecule has 0 unspecified atom stereocenters. The number of rotatable bonds is 6. The highest BCUT2D eigenvalue weighted by Gasteiger charge is 2.31. The summed E-state index contributed by atoms with van der Waals surface area (Å²) >= 11 is 5.88. The van der Waals surface area contributed by atoms with Crippen molar-refractivity contribution in [3.05, 3.63) is 71.3 Å². The molecule has 0 spiro atoms. The Balaban J connectivity index is 1.34. The van der Waals surface area contributed by atoms with Gasteiger partial charge in [0, 0.05) is 17.6 Å². The first-order chi connectivity index (χ1) is 14.5. The summed E-state index contributed by atoms with van der Waals surface area (Å²) in [6, 6.07) is 12.6. The second-order valence-electron chi connectivity index (χ2n) is 6.69. The van der Waals surface area contributed by atoms with Gasteiger partial charge in [-0.2, -0.15) is 9.97 Å². The number of carbonyl (C=O) groups excluding carboxylic acids is 1. The molecule has 154 valence electrons. The molecule has 2 aromatic carbocycles. The quantitative estimate of drug-likeness (QED) is 0.604. The number of anilines is 2. The van der Waals surface area contributed by atoms with Crippen LogP contribution in [0.2, 0.25) is 5.02 Å². The van der Waals surface area contributed by atoms with Crippen molar-refractivity contribution in [2.45, 2.75) is 6.10 Å². The van der Waals surface area contributed by atoms with Gasteiger partial charge in [-0.1, -0.05) is 17.7 Å². The number of hydrogen-bond donors (Lipinski definition) is 1. The molecule has 3 aromatic rings. The first-order valence-corrected chi connectivity index (χ1v) is 9.52. The van der Waals surface area contributed by atoms with Gasteiger partial charge in [0.2, 0.25) is 11.9 Å². The van der Waals surface area contributed by atoms with E-state index in [9.17, 15) is 9.18 Å². The predicted octanol–water partition coefficient (Wildman–Crippen LogP) is 3.03. The molecule has 8 nitrogen and oxygen atoms in total. The fourth-order valence-corrected chi connectivity index (χ4v) is 3.02. The van der Waals surface area contributed by atoms with E-state index < -0.39 is 11.7 Å². The number of ether oxygens (including phenoxy) is 1. The van der Waals surface area contributed by atoms with Gasteiger partial charge in [-0.25, -0.2) is 9.37 Å². The number of nitrogens with zero attached hydrogens (tertiary/aromatic N) is 5. The molecular weight excluding hydrogens is 411 g/mol. The molecule has 1 aliphatic rings. The SMILES string of the molecule is CN(Nc1ncnc(N2CC(Oc3ccc(Cl)cc3)C2)n1)C(=O)c1cccc(F)c1. The van der Waals surface area contributed by atoms with E-state index in [2.05, 4.69) is 20.4 Å². The Morgan fingerprint density at radius 3 is 2.73 bits per heavy atom. The van der Waals surface area contributed by atoms with Crippen molar-refractivity contribution >= 4 is 29.4 Å². The molecular formula is C20H18ClFN6O2. The summed E-state index contributed by atoms with van der Waals surface area (Å²) < 4.78 is 19.2. The topological polar surface area (TPSA) is 83.5 Å². The number of nitrogens with one attached hydrogen (secondary N) is 1. The van der Waals surface area contributed by atoms with Gasteiger partial charge in [-0.3, -0.25) is 15.2 Å². The van der Waals surface area contributed by atoms with Gasteiger partial charge < -0.3 is 9.64 Å². The minimum absolute atomic E-state index is 0.0107. The summed E-state index contributed by atoms with van der Waals surface area (Å²) in [5.74, 6) is 0.519. The Kier molecular flexibility index (Phi) is 5.62. The fourth-order valence-electron chi connectivity index (χ4n) is 2.89. The van der Waals surface area contributed by atoms with Gasteiger partial charge in [-0.15, -0.1) is 0 Å². The van der Waals surface area contributed by atoms with Gasteiger partial charge in [0.1, 0.15) is 24.0 Å². The maximum atomic E-state index is 13.3. The third-order valence-electron chi connectivity index (χ3n) is 4.45. The maximum Gasteiger partial charge on any atom is 0.272 e. The lowest BCUT2D eigenvalue weighted by Crippen LogP contribution is -2.54. The Labute approximate surface area is 177 Å². The molecule has 10 heteroatoms. The molecule has 1 fully saturated rings. The summed E-state index contributed by atoms with van der Waals surface area (Å²) in [7, 11) is 1.51. The lowest BCUT2D eigenvalue weighted by Gasteiger charge is -2.38. The van der Waals surface area contributed by atoms with Crippen LogP contribution in [0.1, 0.15) is 10.4 Å². The van der Waals surface area contributed by atoms with Crippen LogP contribution in [0.25, 0.3) is 0 Å². The van der Waals surface area contributed by atoms with E-state index in [4.69, 9.17) is 16.3 Å². The molecule has 0 atom stereocenters. The zero-order chi connectivity index (χ0) is 21.1. The van der Waals surface area contributed by atoms with E-state index in [1.165, 1.54) is 42.6 Å². The second-order valence-corrected chi connectivity index (χ2v) is 7.13. The van der Waals surface area contributed by atoms with Crippen LogP contribution >= 0.6 is 11.6 Å². The van der Waals surface area contributed by atoms with Crippen LogP contribution < -0.4 is 15.1 Å². The molecule has 0 bridgehead atoms. The number of carbonyl (C=O) groups is 1. The third-order valence-corrected chi connectivity index (χ3v) is 4.70. The van der Waals surface area contributed by atoms with Crippen LogP contribution in [-0.2, 0) is 0 Å². The van der Waals surface area contributed by atoms with E-state index in [0.717, 1.165) is 5.75 Å². The third kappa shape index (κ3) is 4.57. The fraction of sp³-hybridized carbons (Fsp3) is 0.200. The summed E-state index contributed by atoms with van der Waals surface area (Å²) in [4.78, 5) is 26.9. The van der Waals surface area contributed by atoms with Gasteiger partial charge >= 0.3 is 0 Å². The van der Waals surface area contributed by atoms with E-state index in [1.54, 1.807) is 12.1 Å². The second kappa shape index (κ2) is 8.50. The normalized spacial score (nSPS) is 13.5. The highest BCUT2D eigenvalue weighted by atomic mass is 35.5. The lowest BCUT2D eigenvalue weighted by molar-refractivity contribution is 0.0824. The van der Waals surface area contributed by atoms with Crippen LogP contribution in [0.5, 0.6) is 5.75 Å². The number of hydrazine groups is 1. The van der Waals surface area contributed by atoms with Gasteiger partial charge in [0.05, 0.1) is 13.1 Å². The van der Waals surface area contributed by atoms with Gasteiger partial charge in [0.15, 0.2) is 0 Å². The summed E-state index contributed by atoms with van der Waals surface area (Å²) in [6.45, 7) is 1.23. The number of amides is 1. The van der Waals surface area contributed by atoms with Crippen molar-refractivity contribution in [1.82, 2.24) is 20.0 Å². The monoisotopic (exact) mass is 428 g/mol. The summed E-state index contributed by atoms with van der Waals surface area (Å²) in [5, 5.41) is 1.85. The zero-order valence-electron chi connectivity index (χ0n) is 16.0. The molecule has 1 saturated heterocycles. The molecule has 1 aliphatic heterocycles. The van der Waals surface area contributed by atoms with Crippen molar-refractivity contribution in [3.8, 4) is 5.75 Å². The average Bonchev–Trinajstić information content (AvgIpc) is 2.71. The van der Waals surface area contributed by atoms with Crippen LogP contribution in [0.4, 0.5) is 16.3 Å². The molecule has 2 heterocycles. The van der Waals surface area contributed by atoms with Crippen LogP contribution in [0, 0.1) is 5.82 Å². The summed E-state index contributed by atoms with van der Waals surface area (Å²) in [5.41, 5.74) is 3.00. The number of hydrogen-bond acceptors (Lipinski definition) is 7. The van der Waals surface area contributed by atoms with Crippen molar-refractivity contribution in [2.75, 3.05) is 30.5 Å². The zero-order valence-corrected chi connectivity index (χ0v) is 16.8. The van der Waals surface area contributed by atoms with Crippen molar-refractivity contribution in [3.63, 3.8) is 0 Å². The Bertz CT molecular complexity index is 1050. The molecule has 1 amide bonds. The maximum absolute atomic E-state index is 13.3. The molecule has 30 heavy (non-hydrogen) atoms. The molecule has 0 radical (unpaired) electrons. The smallest absolute Gasteiger partial charge is 0.272 e. The number of benzene rings is 2. The van der Waals surface area contributed by atoms with Crippen molar-refractivity contribution in [2.24, 2.45) is 0 Å². The van der Waals surface area contributed by atoms with Crippen molar-refractivity contribution < 1.29 is 13.9 Å². The lowest BCUT2D eigenvalue weighted by atomic mass is 10.2. The Morgan fingerprint density at radius 1 is 1.23 bits per heavy atom. The largest absolute Gasteiger partial charge is 0.487 e. The van der Waals surface area contributed by atoms with Crippen LogP contribution in [0.3, 0.4) is 0 Å². The first-order valence-electron chi connectivity index (χ1n) is 9.14. The molecule has 0 aliphatic carbocycles. The minimum Gasteiger partial charge on any atom is -0.487 e. The van der Waals surface area contributed by atoms with E-state index in [-0.39, 0.29) is 17.6 Å². The number of halogens is 2. The molecule has 4 rings (SSSR count). The van der Waals surface area contributed by atoms with Crippen LogP contribution in [0.15, 0.2) is 54.9 Å². The van der Waals surface area contributed by atoms with E-state index in [0.29, 0.717) is 24.1 Å². The highest BCUT2D eigenvalue weighted by molar-refractivity contribution is 6.30. The average molecular weight is 429 g/mol. The standard InChI is InChI=1S/C20H18ClFN6O2/c1-27(18(29)13-3-2-4-15(22)9-13)26-19-23-12-24-20(25-19)28-10-17(11-28)30-16-7-5-14(21)6-8-16/h2-9,12,17H,10-11H2,1H3,(H,23,24,25,26). The van der Waals surface area contributed by atoms with Crippen molar-refractivity contribution in [1.29, 1.82) is 0 Å². The molecule has 1 N–H and O–H groups in total. The minimum atomic E-state index is -0.482. The predicted molar refractivity (Wildman–Crippen MR) is 110 cm³/mol. The number of aromatic nitrogens is 3. The molecule has 0 saturated carbocycles. The van der Waals surface area contributed by atoms with E-state index >= 15 is 0 Å². The van der Waals surface area contributed by atoms with Gasteiger partial charge in [-0.05, 0) is 42.5 Å². The van der Waals surface area contributed by atoms with Crippen LogP contribution in [-0.4, -0.2) is 52.1 Å².